The molecule has 94 valence electrons. The normalized spacial score (nSPS) is 14.5. The van der Waals surface area contributed by atoms with Gasteiger partial charge in [-0.2, -0.15) is 0 Å². The zero-order valence-corrected chi connectivity index (χ0v) is 11.2. The molecule has 0 amide bonds. The molecule has 0 aliphatic carbocycles. The van der Waals surface area contributed by atoms with Gasteiger partial charge in [0.15, 0.2) is 0 Å². The Hall–Kier alpha value is -2.16. The van der Waals surface area contributed by atoms with E-state index in [4.69, 9.17) is 0 Å². The summed E-state index contributed by atoms with van der Waals surface area (Å²) in [7, 11) is 0. The maximum absolute atomic E-state index is 4.39. The second-order valence-electron chi connectivity index (χ2n) is 3.89. The Labute approximate surface area is 108 Å². The number of nitrogens with zero attached hydrogens (tertiary/aromatic N) is 3. The van der Waals surface area contributed by atoms with Crippen molar-refractivity contribution < 1.29 is 0 Å². The fraction of sp³-hybridized carbons (Fsp3) is 0.200. The minimum absolute atomic E-state index is 0.864. The van der Waals surface area contributed by atoms with Crippen molar-refractivity contribution in [1.82, 2.24) is 4.57 Å². The molecule has 0 atom stereocenters. The monoisotopic (exact) mass is 241 g/mol. The summed E-state index contributed by atoms with van der Waals surface area (Å²) in [5.41, 5.74) is 1.02. The molecule has 0 aliphatic rings. The van der Waals surface area contributed by atoms with E-state index in [2.05, 4.69) is 23.1 Å². The first-order chi connectivity index (χ1) is 8.60. The number of hydrogen-bond acceptors (Lipinski definition) is 2. The Kier molecular flexibility index (Phi) is 5.06. The predicted octanol–water partition coefficient (Wildman–Crippen LogP) is 2.08. The minimum Gasteiger partial charge on any atom is -0.303 e. The summed E-state index contributed by atoms with van der Waals surface area (Å²) in [4.78, 5) is 8.53. The predicted molar refractivity (Wildman–Crippen MR) is 80.3 cm³/mol. The molecule has 0 radical (unpaired) electrons. The van der Waals surface area contributed by atoms with Crippen LogP contribution in [0.5, 0.6) is 0 Å². The average molecular weight is 241 g/mol. The summed E-state index contributed by atoms with van der Waals surface area (Å²) in [5.74, 6) is 0.864. The SMILES string of the molecule is C=C/C(C)=C\N=C(C)n1ccc(=C)/c1=C\N=CC. The van der Waals surface area contributed by atoms with Gasteiger partial charge < -0.3 is 4.57 Å². The van der Waals surface area contributed by atoms with Gasteiger partial charge in [-0.25, -0.2) is 4.99 Å². The van der Waals surface area contributed by atoms with Gasteiger partial charge >= 0.3 is 0 Å². The van der Waals surface area contributed by atoms with E-state index in [1.165, 1.54) is 0 Å². The Morgan fingerprint density at radius 1 is 1.39 bits per heavy atom. The van der Waals surface area contributed by atoms with Gasteiger partial charge in [0.25, 0.3) is 0 Å². The lowest BCUT2D eigenvalue weighted by Gasteiger charge is -2.01. The summed E-state index contributed by atoms with van der Waals surface area (Å²) in [5, 5.41) is 1.87. The lowest BCUT2D eigenvalue weighted by atomic mass is 10.3. The zero-order valence-electron chi connectivity index (χ0n) is 11.2. The average Bonchev–Trinajstić information content (AvgIpc) is 2.74. The van der Waals surface area contributed by atoms with Crippen molar-refractivity contribution in [1.29, 1.82) is 0 Å². The highest BCUT2D eigenvalue weighted by Crippen LogP contribution is 1.94. The summed E-state index contributed by atoms with van der Waals surface area (Å²) >= 11 is 0. The molecule has 0 unspecified atom stereocenters. The Bertz CT molecular complexity index is 613. The highest BCUT2D eigenvalue weighted by Gasteiger charge is 1.97. The minimum atomic E-state index is 0.864. The van der Waals surface area contributed by atoms with Crippen LogP contribution in [0, 0.1) is 0 Å². The van der Waals surface area contributed by atoms with E-state index in [9.17, 15) is 0 Å². The third-order valence-electron chi connectivity index (χ3n) is 2.48. The van der Waals surface area contributed by atoms with Crippen LogP contribution >= 0.6 is 0 Å². The van der Waals surface area contributed by atoms with Crippen LogP contribution in [0.1, 0.15) is 20.8 Å². The van der Waals surface area contributed by atoms with Gasteiger partial charge in [-0.15, -0.1) is 0 Å². The van der Waals surface area contributed by atoms with Crippen LogP contribution in [-0.2, 0) is 0 Å². The molecule has 0 saturated heterocycles. The van der Waals surface area contributed by atoms with Gasteiger partial charge in [-0.3, -0.25) is 4.99 Å². The Morgan fingerprint density at radius 2 is 2.11 bits per heavy atom. The Morgan fingerprint density at radius 3 is 2.72 bits per heavy atom. The third kappa shape index (κ3) is 3.42. The van der Waals surface area contributed by atoms with Gasteiger partial charge in [0.1, 0.15) is 5.84 Å². The number of hydrogen-bond donors (Lipinski definition) is 0. The van der Waals surface area contributed by atoms with Crippen LogP contribution in [0.15, 0.2) is 46.7 Å². The number of aliphatic imine (C=N–C) groups is 2. The van der Waals surface area contributed by atoms with Crippen LogP contribution < -0.4 is 10.6 Å². The molecule has 1 aromatic heterocycles. The van der Waals surface area contributed by atoms with E-state index in [1.54, 1.807) is 24.7 Å². The van der Waals surface area contributed by atoms with Crippen molar-refractivity contribution in [2.75, 3.05) is 0 Å². The molecule has 0 spiro atoms. The molecule has 0 aliphatic heterocycles. The summed E-state index contributed by atoms with van der Waals surface area (Å²) in [6.45, 7) is 13.5. The second kappa shape index (κ2) is 6.55. The van der Waals surface area contributed by atoms with Gasteiger partial charge in [-0.05, 0) is 37.6 Å². The maximum atomic E-state index is 4.39. The number of rotatable bonds is 3. The lowest BCUT2D eigenvalue weighted by molar-refractivity contribution is 1.08. The molecule has 1 rings (SSSR count). The van der Waals surface area contributed by atoms with Crippen molar-refractivity contribution in [3.63, 3.8) is 0 Å². The first-order valence-electron chi connectivity index (χ1n) is 5.78. The van der Waals surface area contributed by atoms with Crippen molar-refractivity contribution >= 4 is 24.8 Å². The van der Waals surface area contributed by atoms with Gasteiger partial charge in [-0.1, -0.05) is 19.2 Å². The highest BCUT2D eigenvalue weighted by molar-refractivity contribution is 5.83. The third-order valence-corrected chi connectivity index (χ3v) is 2.48. The van der Waals surface area contributed by atoms with E-state index >= 15 is 0 Å². The lowest BCUT2D eigenvalue weighted by Crippen LogP contribution is -2.30. The van der Waals surface area contributed by atoms with Crippen LogP contribution in [0.2, 0.25) is 0 Å². The van der Waals surface area contributed by atoms with Crippen LogP contribution in [0.3, 0.4) is 0 Å². The summed E-state index contributed by atoms with van der Waals surface area (Å²) in [6, 6.07) is 1.94. The molecule has 0 N–H and O–H groups in total. The molecule has 0 aromatic carbocycles. The van der Waals surface area contributed by atoms with E-state index in [1.807, 2.05) is 37.6 Å². The molecular weight excluding hydrogens is 222 g/mol. The van der Waals surface area contributed by atoms with Crippen molar-refractivity contribution in [2.24, 2.45) is 9.98 Å². The van der Waals surface area contributed by atoms with Crippen LogP contribution in [0.25, 0.3) is 12.8 Å². The van der Waals surface area contributed by atoms with E-state index in [-0.39, 0.29) is 0 Å². The quantitative estimate of drug-likeness (QED) is 0.440. The molecule has 3 heteroatoms. The van der Waals surface area contributed by atoms with E-state index in [0.29, 0.717) is 0 Å². The zero-order chi connectivity index (χ0) is 13.5. The first kappa shape index (κ1) is 13.9. The topological polar surface area (TPSA) is 29.6 Å². The molecule has 0 bridgehead atoms. The smallest absolute Gasteiger partial charge is 0.110 e. The molecular formula is C15H19N3. The van der Waals surface area contributed by atoms with Crippen molar-refractivity contribution in [2.45, 2.75) is 20.8 Å². The second-order valence-corrected chi connectivity index (χ2v) is 3.89. The molecule has 18 heavy (non-hydrogen) atoms. The van der Waals surface area contributed by atoms with Gasteiger partial charge in [0, 0.05) is 18.6 Å². The molecule has 0 saturated carbocycles. The van der Waals surface area contributed by atoms with Gasteiger partial charge in [0.05, 0.1) is 11.5 Å². The summed E-state index contributed by atoms with van der Waals surface area (Å²) in [6.07, 6.45) is 9.03. The number of aromatic nitrogens is 1. The largest absolute Gasteiger partial charge is 0.303 e. The standard InChI is InChI=1S/C15H19N3/c1-6-12(3)10-17-14(5)18-9-8-13(4)15(18)11-16-7-2/h6-11H,1,4H2,2-3,5H3/b12-10-,15-11+,16-7?,17-14?. The maximum Gasteiger partial charge on any atom is 0.110 e. The van der Waals surface area contributed by atoms with Crippen molar-refractivity contribution in [3.8, 4) is 0 Å². The van der Waals surface area contributed by atoms with E-state index < -0.39 is 0 Å². The highest BCUT2D eigenvalue weighted by atomic mass is 15.0. The van der Waals surface area contributed by atoms with Crippen LogP contribution in [0.4, 0.5) is 0 Å². The van der Waals surface area contributed by atoms with Crippen LogP contribution in [-0.4, -0.2) is 16.6 Å². The fourth-order valence-corrected chi connectivity index (χ4v) is 1.37. The Balaban J connectivity index is 3.27. The number of allylic oxidation sites excluding steroid dienone is 2. The molecule has 0 fully saturated rings. The van der Waals surface area contributed by atoms with Crippen molar-refractivity contribution in [3.05, 3.63) is 47.3 Å². The molecule has 1 heterocycles. The van der Waals surface area contributed by atoms with E-state index in [0.717, 1.165) is 22.0 Å². The fourth-order valence-electron chi connectivity index (χ4n) is 1.37. The summed E-state index contributed by atoms with van der Waals surface area (Å²) < 4.78 is 1.96. The van der Waals surface area contributed by atoms with Gasteiger partial charge in [0.2, 0.25) is 0 Å². The molecule has 1 aromatic rings. The first-order valence-corrected chi connectivity index (χ1v) is 5.78. The molecule has 3 nitrogen and oxygen atoms in total.